The first-order valence-electron chi connectivity index (χ1n) is 24.2. The number of halogens is 8. The van der Waals surface area contributed by atoms with Gasteiger partial charge in [-0.25, -0.2) is 34.4 Å². The zero-order chi connectivity index (χ0) is 54.3. The van der Waals surface area contributed by atoms with Gasteiger partial charge in [-0.15, -0.1) is 10.2 Å². The summed E-state index contributed by atoms with van der Waals surface area (Å²) in [5, 5.41) is 6.20. The van der Waals surface area contributed by atoms with Crippen LogP contribution in [-0.4, -0.2) is 174 Å². The van der Waals surface area contributed by atoms with Gasteiger partial charge in [0.25, 0.3) is 5.89 Å². The Kier molecular flexibility index (Phi) is 19.0. The first kappa shape index (κ1) is 57.3. The van der Waals surface area contributed by atoms with E-state index in [9.17, 15) is 43.6 Å². The Balaban J connectivity index is 0.000000203. The average Bonchev–Trinajstić information content (AvgIpc) is 3.87. The van der Waals surface area contributed by atoms with Gasteiger partial charge in [-0.3, -0.25) is 33.0 Å². The summed E-state index contributed by atoms with van der Waals surface area (Å²) in [5.74, 6) is -5.08. The molecule has 5 aromatic rings. The Bertz CT molecular complexity index is 3060. The van der Waals surface area contributed by atoms with Crippen molar-refractivity contribution in [3.63, 3.8) is 0 Å². The zero-order valence-electron chi connectivity index (χ0n) is 40.9. The molecule has 5 heterocycles. The monoisotopic (exact) mass is 1150 g/mol. The van der Waals surface area contributed by atoms with Gasteiger partial charge in [-0.05, 0) is 54.6 Å². The SMILES string of the molecule is NCC(=O)c1ccc(CN(c2ccc(F)c(Cl)c2)S(=O)(=O)CCN2CCN(C3COC3)CC2)c(F)c1.O=S(=O)(CCN1CCN(C2COC2)CC1)N(Cc1ccc(-c2nnc(C(F)F)o2)cc1F)c1ccc(F)c(Cl)c1. The second kappa shape index (κ2) is 25.2. The smallest absolute Gasteiger partial charge is 0.314 e. The molecule has 0 atom stereocenters. The maximum atomic E-state index is 15.2. The molecule has 1 aromatic heterocycles. The molecule has 4 fully saturated rings. The summed E-state index contributed by atoms with van der Waals surface area (Å²) in [6, 6.07) is 15.4. The van der Waals surface area contributed by atoms with Gasteiger partial charge in [0.1, 0.15) is 23.3 Å². The molecule has 0 radical (unpaired) electrons. The maximum Gasteiger partial charge on any atom is 0.314 e. The highest BCUT2D eigenvalue weighted by Crippen LogP contribution is 2.31. The normalized spacial score (nSPS) is 17.5. The van der Waals surface area contributed by atoms with E-state index in [0.29, 0.717) is 44.9 Å². The van der Waals surface area contributed by atoms with Gasteiger partial charge in [0.05, 0.1) is 91.1 Å². The number of nitrogens with two attached hydrogens (primary N) is 1. The van der Waals surface area contributed by atoms with Crippen molar-refractivity contribution in [1.29, 1.82) is 0 Å². The Hall–Kier alpha value is -4.93. The number of sulfonamides is 2. The number of piperazine rings is 2. The number of anilines is 2. The van der Waals surface area contributed by atoms with E-state index < -0.39 is 68.0 Å². The highest BCUT2D eigenvalue weighted by molar-refractivity contribution is 7.93. The van der Waals surface area contributed by atoms with Crippen LogP contribution in [0, 0.1) is 23.3 Å². The van der Waals surface area contributed by atoms with Crippen LogP contribution in [0.25, 0.3) is 11.5 Å². The summed E-state index contributed by atoms with van der Waals surface area (Å²) in [4.78, 5) is 20.6. The fourth-order valence-electron chi connectivity index (χ4n) is 8.79. The molecule has 76 heavy (non-hydrogen) atoms. The maximum absolute atomic E-state index is 15.2. The summed E-state index contributed by atoms with van der Waals surface area (Å²) in [6.07, 6.45) is -2.98. The van der Waals surface area contributed by atoms with E-state index in [4.69, 9.17) is 42.8 Å². The van der Waals surface area contributed by atoms with Gasteiger partial charge in [0.15, 0.2) is 5.78 Å². The summed E-state index contributed by atoms with van der Waals surface area (Å²) < 4.78 is 155. The van der Waals surface area contributed by atoms with E-state index in [1.807, 2.05) is 0 Å². The molecule has 0 unspecified atom stereocenters. The summed E-state index contributed by atoms with van der Waals surface area (Å²) in [6.45, 7) is 8.60. The molecule has 17 nitrogen and oxygen atoms in total. The highest BCUT2D eigenvalue weighted by atomic mass is 35.5. The van der Waals surface area contributed by atoms with Crippen molar-refractivity contribution < 1.29 is 61.9 Å². The lowest BCUT2D eigenvalue weighted by atomic mass is 10.1. The standard InChI is InChI=1S/C25H26ClF4N5O4S.C24H29ClF2N4O4S/c26-20-12-18(3-4-21(20)27)35(40(36,37)10-9-33-5-7-34(8-6-33)19-14-38-15-19)13-17-2-1-16(11-22(17)28)24-31-32-25(39-24)23(29)30;25-21-12-19(3-4-22(21)26)31(14-18-2-1-17(11-23(18)27)24(32)13-28)36(33,34)10-9-29-5-7-30(8-6-29)20-15-35-16-20/h1-4,11-12,19,23H,5-10,13-15H2;1-4,11-12,20H,5-10,13-16,28H2. The number of ether oxygens (including phenoxy) is 2. The Morgan fingerprint density at radius 3 is 1.47 bits per heavy atom. The summed E-state index contributed by atoms with van der Waals surface area (Å²) in [5.41, 5.74) is 5.73. The van der Waals surface area contributed by atoms with Gasteiger partial charge in [-0.2, -0.15) is 8.78 Å². The minimum absolute atomic E-state index is 0.0160. The number of aromatic nitrogens is 2. The van der Waals surface area contributed by atoms with Crippen molar-refractivity contribution in [2.24, 2.45) is 5.73 Å². The zero-order valence-corrected chi connectivity index (χ0v) is 44.0. The van der Waals surface area contributed by atoms with Crippen molar-refractivity contribution in [3.05, 3.63) is 129 Å². The number of benzene rings is 4. The van der Waals surface area contributed by atoms with Crippen molar-refractivity contribution in [3.8, 4) is 11.5 Å². The van der Waals surface area contributed by atoms with E-state index in [1.54, 1.807) is 0 Å². The average molecular weight is 1150 g/mol. The summed E-state index contributed by atoms with van der Waals surface area (Å²) in [7, 11) is -7.98. The lowest BCUT2D eigenvalue weighted by molar-refractivity contribution is -0.0764. The highest BCUT2D eigenvalue weighted by Gasteiger charge is 2.33. The molecule has 0 saturated carbocycles. The fraction of sp³-hybridized carbons (Fsp3) is 0.449. The van der Waals surface area contributed by atoms with Crippen LogP contribution in [0.4, 0.5) is 37.7 Å². The van der Waals surface area contributed by atoms with Crippen LogP contribution >= 0.6 is 23.2 Å². The molecular weight excluding hydrogens is 1090 g/mol. The number of nitrogens with zero attached hydrogens (tertiary/aromatic N) is 8. The largest absolute Gasteiger partial charge is 0.415 e. The van der Waals surface area contributed by atoms with Gasteiger partial charge >= 0.3 is 6.43 Å². The number of hydrogen-bond donors (Lipinski definition) is 1. The number of hydrogen-bond acceptors (Lipinski definition) is 15. The van der Waals surface area contributed by atoms with Crippen LogP contribution < -0.4 is 14.3 Å². The predicted octanol–water partition coefficient (Wildman–Crippen LogP) is 6.07. The Morgan fingerprint density at radius 2 is 1.09 bits per heavy atom. The molecule has 4 aromatic carbocycles. The van der Waals surface area contributed by atoms with Crippen LogP contribution in [0.15, 0.2) is 77.2 Å². The van der Waals surface area contributed by atoms with Crippen LogP contribution in [0.5, 0.6) is 0 Å². The number of alkyl halides is 2. The molecule has 0 bridgehead atoms. The number of ketones is 1. The van der Waals surface area contributed by atoms with Crippen LogP contribution in [-0.2, 0) is 42.6 Å². The lowest BCUT2D eigenvalue weighted by Crippen LogP contribution is -2.57. The van der Waals surface area contributed by atoms with E-state index in [-0.39, 0.29) is 80.7 Å². The number of carbonyl (C=O) groups is 1. The van der Waals surface area contributed by atoms with E-state index in [0.717, 1.165) is 85.4 Å². The van der Waals surface area contributed by atoms with E-state index >= 15 is 4.39 Å². The molecule has 4 saturated heterocycles. The summed E-state index contributed by atoms with van der Waals surface area (Å²) >= 11 is 11.9. The number of Topliss-reactive ketones (excluding diaryl/α,β-unsaturated/α-hetero) is 1. The van der Waals surface area contributed by atoms with Crippen LogP contribution in [0.1, 0.15) is 33.8 Å². The predicted molar refractivity (Wildman–Crippen MR) is 272 cm³/mol. The van der Waals surface area contributed by atoms with Gasteiger partial charge in [-0.1, -0.05) is 41.4 Å². The second-order valence-electron chi connectivity index (χ2n) is 18.5. The Morgan fingerprint density at radius 1 is 0.632 bits per heavy atom. The lowest BCUT2D eigenvalue weighted by Gasteiger charge is -2.42. The second-order valence-corrected chi connectivity index (χ2v) is 23.3. The number of carbonyl (C=O) groups excluding carboxylic acids is 1. The van der Waals surface area contributed by atoms with Crippen molar-refractivity contribution >= 4 is 60.4 Å². The van der Waals surface area contributed by atoms with Crippen LogP contribution in [0.2, 0.25) is 10.0 Å². The quantitative estimate of drug-likeness (QED) is 0.0698. The number of rotatable bonds is 20. The minimum atomic E-state index is -4.03. The topological polar surface area (TPSA) is 188 Å². The molecule has 9 rings (SSSR count). The molecule has 0 spiro atoms. The molecular formula is C49H55Cl2F6N9O8S2. The van der Waals surface area contributed by atoms with Crippen molar-refractivity contribution in [2.75, 3.05) is 119 Å². The fourth-order valence-corrected chi connectivity index (χ4v) is 12.1. The van der Waals surface area contributed by atoms with Crippen molar-refractivity contribution in [1.82, 2.24) is 29.8 Å². The third kappa shape index (κ3) is 14.2. The van der Waals surface area contributed by atoms with E-state index in [2.05, 4.69) is 29.8 Å². The molecule has 27 heteroatoms. The van der Waals surface area contributed by atoms with Gasteiger partial charge < -0.3 is 19.6 Å². The minimum Gasteiger partial charge on any atom is -0.415 e. The third-order valence-electron chi connectivity index (χ3n) is 13.6. The molecule has 2 N–H and O–H groups in total. The van der Waals surface area contributed by atoms with E-state index in [1.165, 1.54) is 48.5 Å². The third-order valence-corrected chi connectivity index (χ3v) is 17.6. The first-order chi connectivity index (χ1) is 36.3. The Labute approximate surface area is 446 Å². The van der Waals surface area contributed by atoms with Gasteiger partial charge in [0.2, 0.25) is 25.9 Å². The van der Waals surface area contributed by atoms with Crippen LogP contribution in [0.3, 0.4) is 0 Å². The molecule has 4 aliphatic rings. The molecule has 412 valence electrons. The first-order valence-corrected chi connectivity index (χ1v) is 28.2. The van der Waals surface area contributed by atoms with Gasteiger partial charge in [0, 0.05) is 87.7 Å². The molecule has 4 aliphatic heterocycles. The van der Waals surface area contributed by atoms with Crippen molar-refractivity contribution in [2.45, 2.75) is 31.6 Å². The molecule has 0 aliphatic carbocycles. The molecule has 0 amide bonds.